The molecule has 2 fully saturated rings. The molecule has 0 N–H and O–H groups in total. The molecule has 7 nitrogen and oxygen atoms in total. The Labute approximate surface area is 186 Å². The third-order valence-corrected chi connectivity index (χ3v) is 5.50. The van der Waals surface area contributed by atoms with Crippen LogP contribution < -0.4 is 0 Å². The third kappa shape index (κ3) is 6.11. The summed E-state index contributed by atoms with van der Waals surface area (Å²) in [5.41, 5.74) is -1.34. The molecule has 2 amide bonds. The standard InChI is InChI=1S/C24H38N2O5/c1-9-16-12-11-15-25(22(29)31-24(6,7)8)19(16)20(27)26-17(10-2)13-14-18(26)21(28)30-23(3,4)5/h9-10,16-19H,1-2,11-15H2,3-8H3/t16?,17-,18-,19?/m0/s1. The van der Waals surface area contributed by atoms with Gasteiger partial charge in [0.2, 0.25) is 5.91 Å². The molecule has 2 aliphatic rings. The van der Waals surface area contributed by atoms with Crippen LogP contribution >= 0.6 is 0 Å². The zero-order valence-electron chi connectivity index (χ0n) is 19.8. The number of carbonyl (C=O) groups is 3. The number of carbonyl (C=O) groups excluding carboxylic acids is 3. The Kier molecular flexibility index (Phi) is 7.61. The van der Waals surface area contributed by atoms with Crippen molar-refractivity contribution in [2.45, 2.75) is 96.6 Å². The Balaban J connectivity index is 2.37. The molecule has 0 spiro atoms. The average molecular weight is 435 g/mol. The molecule has 0 saturated carbocycles. The molecule has 0 aromatic heterocycles. The number of hydrogen-bond acceptors (Lipinski definition) is 5. The molecule has 31 heavy (non-hydrogen) atoms. The molecule has 2 rings (SSSR count). The minimum Gasteiger partial charge on any atom is -0.458 e. The number of amides is 2. The van der Waals surface area contributed by atoms with E-state index in [-0.39, 0.29) is 17.9 Å². The summed E-state index contributed by atoms with van der Waals surface area (Å²) in [6.07, 6.45) is 5.49. The number of rotatable bonds is 4. The molecule has 7 heteroatoms. The lowest BCUT2D eigenvalue weighted by molar-refractivity contribution is -0.165. The number of piperidine rings is 1. The number of esters is 1. The van der Waals surface area contributed by atoms with Gasteiger partial charge in [0.15, 0.2) is 0 Å². The zero-order chi connectivity index (χ0) is 23.6. The molecule has 2 heterocycles. The maximum atomic E-state index is 13.9. The van der Waals surface area contributed by atoms with E-state index >= 15 is 0 Å². The summed E-state index contributed by atoms with van der Waals surface area (Å²) in [6.45, 7) is 19.0. The SMILES string of the molecule is C=CC1CCCN(C(=O)OC(C)(C)C)C1C(=O)N1[C@@H](C=C)CC[C@H]1C(=O)OC(C)(C)C. The number of likely N-dealkylation sites (tertiary alicyclic amines) is 2. The Hall–Kier alpha value is -2.31. The van der Waals surface area contributed by atoms with Crippen molar-refractivity contribution in [2.75, 3.05) is 6.54 Å². The highest BCUT2D eigenvalue weighted by atomic mass is 16.6. The molecule has 2 unspecified atom stereocenters. The highest BCUT2D eigenvalue weighted by Gasteiger charge is 2.48. The van der Waals surface area contributed by atoms with Gasteiger partial charge in [-0.1, -0.05) is 12.2 Å². The quantitative estimate of drug-likeness (QED) is 0.492. The minimum atomic E-state index is -0.772. The monoisotopic (exact) mass is 434 g/mol. The first-order valence-electron chi connectivity index (χ1n) is 11.1. The van der Waals surface area contributed by atoms with Gasteiger partial charge in [-0.25, -0.2) is 9.59 Å². The van der Waals surface area contributed by atoms with Gasteiger partial charge in [-0.3, -0.25) is 9.69 Å². The van der Waals surface area contributed by atoms with Crippen LogP contribution in [-0.4, -0.2) is 63.6 Å². The topological polar surface area (TPSA) is 76.2 Å². The Bertz CT molecular complexity index is 718. The molecular weight excluding hydrogens is 396 g/mol. The summed E-state index contributed by atoms with van der Waals surface area (Å²) in [5, 5.41) is 0. The predicted octanol–water partition coefficient (Wildman–Crippen LogP) is 4.08. The van der Waals surface area contributed by atoms with Crippen LogP contribution in [0.15, 0.2) is 25.3 Å². The Morgan fingerprint density at radius 2 is 1.52 bits per heavy atom. The van der Waals surface area contributed by atoms with E-state index in [1.165, 1.54) is 4.90 Å². The van der Waals surface area contributed by atoms with E-state index in [2.05, 4.69) is 13.2 Å². The summed E-state index contributed by atoms with van der Waals surface area (Å²) < 4.78 is 11.2. The molecule has 174 valence electrons. The Morgan fingerprint density at radius 1 is 0.903 bits per heavy atom. The predicted molar refractivity (Wildman–Crippen MR) is 119 cm³/mol. The summed E-state index contributed by atoms with van der Waals surface area (Å²) in [4.78, 5) is 42.8. The largest absolute Gasteiger partial charge is 0.458 e. The maximum absolute atomic E-state index is 13.9. The van der Waals surface area contributed by atoms with Crippen molar-refractivity contribution in [1.82, 2.24) is 9.80 Å². The fourth-order valence-corrected chi connectivity index (χ4v) is 4.25. The van der Waals surface area contributed by atoms with Gasteiger partial charge in [-0.15, -0.1) is 13.2 Å². The second-order valence-corrected chi connectivity index (χ2v) is 10.3. The normalized spacial score (nSPS) is 26.9. The van der Waals surface area contributed by atoms with E-state index in [0.717, 1.165) is 12.8 Å². The van der Waals surface area contributed by atoms with Crippen molar-refractivity contribution in [2.24, 2.45) is 5.92 Å². The summed E-state index contributed by atoms with van der Waals surface area (Å²) in [6, 6.07) is -1.77. The third-order valence-electron chi connectivity index (χ3n) is 5.50. The van der Waals surface area contributed by atoms with E-state index in [4.69, 9.17) is 9.47 Å². The average Bonchev–Trinajstić information content (AvgIpc) is 3.08. The lowest BCUT2D eigenvalue weighted by Crippen LogP contribution is -2.60. The molecule has 0 aromatic carbocycles. The van der Waals surface area contributed by atoms with Crippen LogP contribution in [0.5, 0.6) is 0 Å². The van der Waals surface area contributed by atoms with E-state index in [0.29, 0.717) is 19.4 Å². The molecule has 0 radical (unpaired) electrons. The van der Waals surface area contributed by atoms with Crippen LogP contribution in [0.25, 0.3) is 0 Å². The summed E-state index contributed by atoms with van der Waals surface area (Å²) in [7, 11) is 0. The second-order valence-electron chi connectivity index (χ2n) is 10.3. The molecule has 2 saturated heterocycles. The van der Waals surface area contributed by atoms with Gasteiger partial charge in [0.25, 0.3) is 0 Å². The molecule has 0 bridgehead atoms. The van der Waals surface area contributed by atoms with Gasteiger partial charge in [0.05, 0.1) is 6.04 Å². The number of ether oxygens (including phenoxy) is 2. The molecule has 0 aromatic rings. The molecular formula is C24H38N2O5. The highest BCUT2D eigenvalue weighted by Crippen LogP contribution is 2.33. The van der Waals surface area contributed by atoms with Crippen molar-refractivity contribution in [3.05, 3.63) is 25.3 Å². The minimum absolute atomic E-state index is 0.223. The van der Waals surface area contributed by atoms with Crippen LogP contribution in [0.1, 0.15) is 67.2 Å². The van der Waals surface area contributed by atoms with Gasteiger partial charge in [-0.2, -0.15) is 0 Å². The first kappa shape index (κ1) is 25.0. The van der Waals surface area contributed by atoms with Gasteiger partial charge < -0.3 is 14.4 Å². The number of nitrogens with zero attached hydrogens (tertiary/aromatic N) is 2. The first-order valence-corrected chi connectivity index (χ1v) is 11.1. The van der Waals surface area contributed by atoms with E-state index in [9.17, 15) is 14.4 Å². The van der Waals surface area contributed by atoms with Crippen molar-refractivity contribution < 1.29 is 23.9 Å². The Morgan fingerprint density at radius 3 is 2.03 bits per heavy atom. The molecule has 4 atom stereocenters. The van der Waals surface area contributed by atoms with E-state index in [1.807, 2.05) is 0 Å². The van der Waals surface area contributed by atoms with Crippen LogP contribution in [0.4, 0.5) is 4.79 Å². The second kappa shape index (κ2) is 9.45. The first-order chi connectivity index (χ1) is 14.3. The van der Waals surface area contributed by atoms with Crippen molar-refractivity contribution in [1.29, 1.82) is 0 Å². The zero-order valence-corrected chi connectivity index (χ0v) is 19.8. The van der Waals surface area contributed by atoms with E-state index in [1.54, 1.807) is 58.6 Å². The maximum Gasteiger partial charge on any atom is 0.410 e. The summed E-state index contributed by atoms with van der Waals surface area (Å²) in [5.74, 6) is -0.937. The van der Waals surface area contributed by atoms with Gasteiger partial charge >= 0.3 is 12.1 Å². The van der Waals surface area contributed by atoms with E-state index < -0.39 is 35.3 Å². The smallest absolute Gasteiger partial charge is 0.410 e. The summed E-state index contributed by atoms with van der Waals surface area (Å²) >= 11 is 0. The number of hydrogen-bond donors (Lipinski definition) is 0. The van der Waals surface area contributed by atoms with Crippen molar-refractivity contribution >= 4 is 18.0 Å². The van der Waals surface area contributed by atoms with Gasteiger partial charge in [0.1, 0.15) is 23.3 Å². The van der Waals surface area contributed by atoms with Crippen LogP contribution in [0.3, 0.4) is 0 Å². The lowest BCUT2D eigenvalue weighted by atomic mass is 9.88. The van der Waals surface area contributed by atoms with Crippen LogP contribution in [-0.2, 0) is 19.1 Å². The van der Waals surface area contributed by atoms with Crippen molar-refractivity contribution in [3.8, 4) is 0 Å². The van der Waals surface area contributed by atoms with Crippen LogP contribution in [0.2, 0.25) is 0 Å². The fourth-order valence-electron chi connectivity index (χ4n) is 4.25. The fraction of sp³-hybridized carbons (Fsp3) is 0.708. The van der Waals surface area contributed by atoms with Crippen LogP contribution in [0, 0.1) is 5.92 Å². The van der Waals surface area contributed by atoms with Gasteiger partial charge in [-0.05, 0) is 67.2 Å². The lowest BCUT2D eigenvalue weighted by Gasteiger charge is -2.42. The molecule has 0 aliphatic carbocycles. The van der Waals surface area contributed by atoms with Gasteiger partial charge in [0, 0.05) is 12.5 Å². The van der Waals surface area contributed by atoms with Crippen molar-refractivity contribution in [3.63, 3.8) is 0 Å². The highest BCUT2D eigenvalue weighted by molar-refractivity contribution is 5.91. The molecule has 2 aliphatic heterocycles.